The summed E-state index contributed by atoms with van der Waals surface area (Å²) in [5.74, 6) is -10.7. The van der Waals surface area contributed by atoms with Gasteiger partial charge in [0, 0.05) is 81.9 Å². The van der Waals surface area contributed by atoms with E-state index in [1.807, 2.05) is 6.92 Å². The van der Waals surface area contributed by atoms with Gasteiger partial charge in [-0.05, 0) is 93.9 Å². The summed E-state index contributed by atoms with van der Waals surface area (Å²) in [6, 6.07) is 22.2. The van der Waals surface area contributed by atoms with Crippen LogP contribution in [0.1, 0.15) is 178 Å². The maximum atomic E-state index is 15.9. The van der Waals surface area contributed by atoms with Crippen LogP contribution in [-0.2, 0) is 81.1 Å². The van der Waals surface area contributed by atoms with Crippen molar-refractivity contribution in [3.05, 3.63) is 119 Å². The van der Waals surface area contributed by atoms with E-state index in [-0.39, 0.29) is 90.1 Å². The van der Waals surface area contributed by atoms with Gasteiger partial charge in [0.15, 0.2) is 17.5 Å². The number of fused-ring (bicyclic) bond motifs is 5. The van der Waals surface area contributed by atoms with Crippen molar-refractivity contribution < 1.29 is 101 Å². The number of nitrogens with one attached hydrogen (secondary N) is 3. The number of carbonyl (C=O) groups is 12. The van der Waals surface area contributed by atoms with Gasteiger partial charge in [-0.25, -0.2) is 9.59 Å². The Bertz CT molecular complexity index is 3370. The van der Waals surface area contributed by atoms with Gasteiger partial charge in [0.05, 0.1) is 49.6 Å². The number of benzene rings is 3. The number of unbranched alkanes of at least 4 members (excludes halogenated alkanes) is 2. The lowest BCUT2D eigenvalue weighted by molar-refractivity contribution is -0.346. The molecular formula is C72H91N3O21. The number of rotatable bonds is 32. The van der Waals surface area contributed by atoms with E-state index in [1.165, 1.54) is 66.0 Å². The molecule has 1 heterocycles. The number of Topliss-reactive ketones (excluding diaryl/α,β-unsaturated/α-hetero) is 3. The van der Waals surface area contributed by atoms with Crippen LogP contribution in [0, 0.1) is 28.6 Å². The molecule has 5 N–H and O–H groups in total. The molecule has 3 fully saturated rings. The summed E-state index contributed by atoms with van der Waals surface area (Å²) < 4.78 is 41.6. The fourth-order valence-electron chi connectivity index (χ4n) is 14.1. The maximum Gasteiger partial charge on any atom is 0.350 e. The van der Waals surface area contributed by atoms with Crippen LogP contribution < -0.4 is 16.0 Å². The van der Waals surface area contributed by atoms with E-state index in [1.54, 1.807) is 66.7 Å². The Morgan fingerprint density at radius 2 is 1.26 bits per heavy atom. The monoisotopic (exact) mass is 1330 g/mol. The second-order valence-corrected chi connectivity index (χ2v) is 26.2. The number of aliphatic hydroxyl groups excluding tert-OH is 1. The van der Waals surface area contributed by atoms with Gasteiger partial charge in [-0.2, -0.15) is 0 Å². The van der Waals surface area contributed by atoms with E-state index in [4.69, 9.17) is 28.4 Å². The van der Waals surface area contributed by atoms with Crippen molar-refractivity contribution >= 4 is 70.9 Å². The van der Waals surface area contributed by atoms with Gasteiger partial charge in [-0.3, -0.25) is 47.9 Å². The van der Waals surface area contributed by atoms with Crippen molar-refractivity contribution in [2.75, 3.05) is 26.8 Å². The van der Waals surface area contributed by atoms with Crippen molar-refractivity contribution in [1.82, 2.24) is 16.0 Å². The van der Waals surface area contributed by atoms with E-state index in [9.17, 15) is 58.2 Å². The van der Waals surface area contributed by atoms with Crippen LogP contribution in [0.4, 0.5) is 0 Å². The highest BCUT2D eigenvalue weighted by Gasteiger charge is 2.78. The zero-order valence-corrected chi connectivity index (χ0v) is 56.1. The second-order valence-electron chi connectivity index (χ2n) is 26.2. The van der Waals surface area contributed by atoms with Crippen LogP contribution in [0.5, 0.6) is 0 Å². The number of carbonyl (C=O) groups excluding carboxylic acids is 12. The molecule has 96 heavy (non-hydrogen) atoms. The summed E-state index contributed by atoms with van der Waals surface area (Å²) in [4.78, 5) is 164. The van der Waals surface area contributed by atoms with Crippen LogP contribution in [0.2, 0.25) is 0 Å². The standard InChI is InChI=1S/C72H91N3O21/c1-10-46(51(79)38-50(43(3)76)31-21-23-37-73-55(81)32-34-57(83)90-9)24-20-22-36-74-56(82)33-35-58(84)94-62(60(47-25-14-11-15-26-47)75-66(86)48-27-16-12-17-28-48)68(88)93-52-40-72(89)65(95-67(87)49-29-18-13-19-30-49)63-70(8,53(80)39-54-71(63,41-91-54)96-45(5)78)64(85)61(92-44(4)77)59(42(52)2)69(72,6)7/h11-19,25-30,46,50,52-54,60-63,65,80,89H,10,20-24,31-41H2,1-9H3,(H,73,81)(H,74,82)(H,75,86)/t46?,50?,52-,53-,54+,60-,61+,62+,63-,65-,70+,71-,72+/m0/s1. The number of ketones is 3. The first-order valence-corrected chi connectivity index (χ1v) is 32.9. The molecule has 520 valence electrons. The SMILES string of the molecule is CCC(CCCCNC(=O)CCC(=O)O[C@@H](C(=O)O[C@H]1C[C@@]2(O)[C@@H](OC(=O)c3ccccc3)[C@@H]3[C@]4(OC(C)=O)CO[C@@H]4C[C@H](O)[C@@]3(C)C(=O)[C@H](OC(C)=O)C(=C1C)C2(C)C)[C@@H](NC(=O)c1ccccc1)c1ccccc1)C(=O)CC(CCCCNC(=O)CCC(=O)OC)C(C)=O. The molecule has 1 aliphatic heterocycles. The smallest absolute Gasteiger partial charge is 0.350 e. The van der Waals surface area contributed by atoms with Gasteiger partial charge in [0.1, 0.15) is 41.5 Å². The van der Waals surface area contributed by atoms with Crippen molar-refractivity contribution in [2.45, 2.75) is 199 Å². The molecule has 24 nitrogen and oxygen atoms in total. The molecule has 3 aromatic carbocycles. The molecule has 7 rings (SSSR count). The average molecular weight is 1330 g/mol. The zero-order valence-electron chi connectivity index (χ0n) is 56.1. The molecule has 0 spiro atoms. The van der Waals surface area contributed by atoms with Crippen LogP contribution in [0.3, 0.4) is 0 Å². The van der Waals surface area contributed by atoms with E-state index in [0.29, 0.717) is 51.5 Å². The third kappa shape index (κ3) is 17.2. The highest BCUT2D eigenvalue weighted by Crippen LogP contribution is 2.64. The summed E-state index contributed by atoms with van der Waals surface area (Å²) in [6.07, 6.45) is -8.57. The normalized spacial score (nSPS) is 25.1. The van der Waals surface area contributed by atoms with Gasteiger partial charge in [-0.1, -0.05) is 100 Å². The molecule has 0 radical (unpaired) electrons. The van der Waals surface area contributed by atoms with Crippen LogP contribution in [-0.4, -0.2) is 156 Å². The topological polar surface area (TPSA) is 346 Å². The number of ether oxygens (including phenoxy) is 7. The molecule has 3 aliphatic carbocycles. The van der Waals surface area contributed by atoms with Gasteiger partial charge in [0.2, 0.25) is 17.9 Å². The minimum Gasteiger partial charge on any atom is -0.469 e. The highest BCUT2D eigenvalue weighted by atomic mass is 16.6. The van der Waals surface area contributed by atoms with Crippen LogP contribution in [0.15, 0.2) is 102 Å². The summed E-state index contributed by atoms with van der Waals surface area (Å²) in [5, 5.41) is 34.8. The van der Waals surface area contributed by atoms with Gasteiger partial charge >= 0.3 is 35.8 Å². The molecule has 3 amide bonds. The van der Waals surface area contributed by atoms with E-state index in [0.717, 1.165) is 13.8 Å². The average Bonchev–Trinajstić information content (AvgIpc) is 0.670. The lowest BCUT2D eigenvalue weighted by Gasteiger charge is -2.67. The van der Waals surface area contributed by atoms with Crippen molar-refractivity contribution in [3.63, 3.8) is 0 Å². The molecule has 1 saturated heterocycles. The lowest BCUT2D eigenvalue weighted by Crippen LogP contribution is -2.82. The number of hydrogen-bond acceptors (Lipinski definition) is 21. The zero-order chi connectivity index (χ0) is 70.3. The number of methoxy groups -OCH3 is 1. The molecule has 3 aromatic rings. The molecule has 2 bridgehead atoms. The lowest BCUT2D eigenvalue weighted by atomic mass is 9.44. The molecule has 24 heteroatoms. The second kappa shape index (κ2) is 33.0. The molecule has 4 aliphatic rings. The minimum absolute atomic E-state index is 0.00529. The minimum atomic E-state index is -2.54. The summed E-state index contributed by atoms with van der Waals surface area (Å²) >= 11 is 0. The molecule has 13 atom stereocenters. The number of aliphatic hydroxyl groups is 2. The third-order valence-corrected chi connectivity index (χ3v) is 19.6. The first-order valence-electron chi connectivity index (χ1n) is 32.9. The molecular weight excluding hydrogens is 1240 g/mol. The molecule has 2 unspecified atom stereocenters. The molecule has 2 saturated carbocycles. The van der Waals surface area contributed by atoms with Crippen molar-refractivity contribution in [1.29, 1.82) is 0 Å². The van der Waals surface area contributed by atoms with E-state index >= 15 is 9.59 Å². The number of hydrogen-bond donors (Lipinski definition) is 5. The van der Waals surface area contributed by atoms with Crippen LogP contribution in [0.25, 0.3) is 0 Å². The van der Waals surface area contributed by atoms with Gasteiger partial charge in [-0.15, -0.1) is 0 Å². The predicted octanol–water partition coefficient (Wildman–Crippen LogP) is 6.78. The Kier molecular flexibility index (Phi) is 25.7. The quantitative estimate of drug-likeness (QED) is 0.0186. The highest BCUT2D eigenvalue weighted by molar-refractivity contribution is 5.97. The van der Waals surface area contributed by atoms with Crippen LogP contribution >= 0.6 is 0 Å². The maximum absolute atomic E-state index is 15.9. The third-order valence-electron chi connectivity index (χ3n) is 19.6. The van der Waals surface area contributed by atoms with E-state index in [2.05, 4.69) is 20.7 Å². The Morgan fingerprint density at radius 1 is 0.698 bits per heavy atom. The fraction of sp³-hybridized carbons (Fsp3) is 0.556. The number of amides is 3. The summed E-state index contributed by atoms with van der Waals surface area (Å²) in [7, 11) is 1.25. The molecule has 0 aromatic heterocycles. The Balaban J connectivity index is 1.13. The van der Waals surface area contributed by atoms with E-state index < -0.39 is 149 Å². The Labute approximate surface area is 559 Å². The fourth-order valence-corrected chi connectivity index (χ4v) is 14.1. The summed E-state index contributed by atoms with van der Waals surface area (Å²) in [6.45, 7) is 11.6. The summed E-state index contributed by atoms with van der Waals surface area (Å²) in [5.41, 5.74) is -7.96. The Hall–Kier alpha value is -8.48. The van der Waals surface area contributed by atoms with Gasteiger partial charge < -0.3 is 59.3 Å². The first kappa shape index (κ1) is 74.9. The van der Waals surface area contributed by atoms with Crippen molar-refractivity contribution in [2.24, 2.45) is 28.6 Å². The van der Waals surface area contributed by atoms with Gasteiger partial charge in [0.25, 0.3) is 5.91 Å². The van der Waals surface area contributed by atoms with Crippen molar-refractivity contribution in [3.8, 4) is 0 Å². The predicted molar refractivity (Wildman–Crippen MR) is 343 cm³/mol. The largest absolute Gasteiger partial charge is 0.469 e. The first-order chi connectivity index (χ1) is 45.5. The Morgan fingerprint density at radius 3 is 1.79 bits per heavy atom. The number of esters is 6.